The van der Waals surface area contributed by atoms with Crippen LogP contribution in [0, 0.1) is 12.3 Å². The van der Waals surface area contributed by atoms with Crippen molar-refractivity contribution >= 4 is 46.5 Å². The standard InChI is InChI=1S/C40H46BrO2PS/c1-31-23-25-37(26-24-31)45(42,43)38(39-33(3)16-15-28-40(39,4)5)30-32(2)27-29-44(41,34-17-9-6-10-18-34,35-19-11-7-12-20-35)36-21-13-8-14-22-36/h6-14,17-27,38H,15-16,28-30H2,1-5H3/b32-27+. The summed E-state index contributed by atoms with van der Waals surface area (Å²) in [5.41, 5.74) is 4.30. The van der Waals surface area contributed by atoms with Crippen LogP contribution in [0.5, 0.6) is 0 Å². The summed E-state index contributed by atoms with van der Waals surface area (Å²) in [4.78, 5) is 0.408. The molecule has 0 saturated carbocycles. The van der Waals surface area contributed by atoms with Crippen molar-refractivity contribution in [3.63, 3.8) is 0 Å². The zero-order valence-electron chi connectivity index (χ0n) is 27.2. The van der Waals surface area contributed by atoms with Crippen molar-refractivity contribution in [1.29, 1.82) is 0 Å². The Hall–Kier alpha value is -2.78. The van der Waals surface area contributed by atoms with E-state index >= 15 is 0 Å². The molecule has 2 nitrogen and oxygen atoms in total. The average molecular weight is 702 g/mol. The van der Waals surface area contributed by atoms with Gasteiger partial charge < -0.3 is 0 Å². The van der Waals surface area contributed by atoms with Gasteiger partial charge in [0.05, 0.1) is 0 Å². The molecule has 5 rings (SSSR count). The number of halogens is 1. The molecule has 0 saturated heterocycles. The van der Waals surface area contributed by atoms with E-state index in [9.17, 15) is 8.42 Å². The summed E-state index contributed by atoms with van der Waals surface area (Å²) in [6, 6.07) is 39.7. The molecule has 0 aromatic heterocycles. The third-order valence-corrected chi connectivity index (χ3v) is 21.4. The predicted octanol–water partition coefficient (Wildman–Crippen LogP) is 9.84. The number of rotatable bonds is 10. The quantitative estimate of drug-likeness (QED) is 0.122. The zero-order valence-corrected chi connectivity index (χ0v) is 30.5. The molecular formula is C40H46BrO2PS. The SMILES string of the molecule is CC1=C(C(C/C(C)=C/CP(Br)(c2ccccc2)(c2ccccc2)c2ccccc2)S(=O)(=O)c2ccc(C)cc2)C(C)(C)CCC1. The number of benzene rings is 4. The molecule has 0 heterocycles. The Labute approximate surface area is 279 Å². The molecule has 0 radical (unpaired) electrons. The molecular weight excluding hydrogens is 655 g/mol. The van der Waals surface area contributed by atoms with Crippen molar-refractivity contribution in [2.75, 3.05) is 6.16 Å². The Morgan fingerprint density at radius 2 is 1.27 bits per heavy atom. The van der Waals surface area contributed by atoms with E-state index in [0.29, 0.717) is 11.3 Å². The molecule has 0 amide bonds. The first-order valence-electron chi connectivity index (χ1n) is 15.9. The normalized spacial score (nSPS) is 17.4. The Morgan fingerprint density at radius 3 is 1.71 bits per heavy atom. The maximum absolute atomic E-state index is 14.6. The van der Waals surface area contributed by atoms with E-state index < -0.39 is 20.4 Å². The van der Waals surface area contributed by atoms with Gasteiger partial charge in [-0.05, 0) is 0 Å². The molecule has 1 atom stereocenters. The molecule has 0 spiro atoms. The molecule has 1 aliphatic rings. The van der Waals surface area contributed by atoms with Crippen molar-refractivity contribution < 1.29 is 8.42 Å². The molecule has 4 aromatic carbocycles. The monoisotopic (exact) mass is 700 g/mol. The van der Waals surface area contributed by atoms with Gasteiger partial charge in [0.25, 0.3) is 0 Å². The van der Waals surface area contributed by atoms with Crippen LogP contribution < -0.4 is 15.9 Å². The van der Waals surface area contributed by atoms with Crippen LogP contribution >= 0.6 is 20.8 Å². The summed E-state index contributed by atoms with van der Waals surface area (Å²) < 4.78 is 29.2. The third-order valence-electron chi connectivity index (χ3n) is 9.76. The van der Waals surface area contributed by atoms with Crippen LogP contribution in [-0.4, -0.2) is 19.8 Å². The Balaban J connectivity index is 1.66. The van der Waals surface area contributed by atoms with Crippen LogP contribution in [0.25, 0.3) is 0 Å². The fourth-order valence-corrected chi connectivity index (χ4v) is 16.6. The minimum atomic E-state index is -3.64. The van der Waals surface area contributed by atoms with E-state index in [4.69, 9.17) is 0 Å². The van der Waals surface area contributed by atoms with E-state index in [1.54, 1.807) is 12.1 Å². The molecule has 5 heteroatoms. The summed E-state index contributed by atoms with van der Waals surface area (Å²) in [5.74, 6) is 0. The van der Waals surface area contributed by atoms with Gasteiger partial charge in [0.2, 0.25) is 0 Å². The number of allylic oxidation sites excluding steroid dienone is 3. The van der Waals surface area contributed by atoms with Gasteiger partial charge in [-0.1, -0.05) is 0 Å². The van der Waals surface area contributed by atoms with Crippen LogP contribution in [0.4, 0.5) is 0 Å². The summed E-state index contributed by atoms with van der Waals surface area (Å²) in [6.45, 7) is 10.7. The number of aryl methyl sites for hydroxylation is 1. The van der Waals surface area contributed by atoms with Crippen LogP contribution in [-0.2, 0) is 9.84 Å². The number of sulfone groups is 1. The molecule has 236 valence electrons. The van der Waals surface area contributed by atoms with Crippen molar-refractivity contribution in [2.45, 2.75) is 70.4 Å². The van der Waals surface area contributed by atoms with Crippen LogP contribution in [0.2, 0.25) is 0 Å². The predicted molar refractivity (Wildman–Crippen MR) is 200 cm³/mol. The van der Waals surface area contributed by atoms with Gasteiger partial charge in [0.15, 0.2) is 0 Å². The van der Waals surface area contributed by atoms with Gasteiger partial charge in [-0.2, -0.15) is 0 Å². The first-order valence-corrected chi connectivity index (χ1v) is 21.9. The Kier molecular flexibility index (Phi) is 9.81. The van der Waals surface area contributed by atoms with Gasteiger partial charge in [0, 0.05) is 0 Å². The van der Waals surface area contributed by atoms with Crippen molar-refractivity contribution in [2.24, 2.45) is 5.41 Å². The fourth-order valence-electron chi connectivity index (χ4n) is 7.30. The van der Waals surface area contributed by atoms with E-state index in [1.807, 2.05) is 19.1 Å². The summed E-state index contributed by atoms with van der Waals surface area (Å²) >= 11 is 4.56. The van der Waals surface area contributed by atoms with Crippen LogP contribution in [0.1, 0.15) is 58.9 Å². The Morgan fingerprint density at radius 1 is 0.800 bits per heavy atom. The second-order valence-corrected chi connectivity index (χ2v) is 24.5. The fraction of sp³-hybridized carbons (Fsp3) is 0.300. The average Bonchev–Trinajstić information content (AvgIpc) is 3.04. The third kappa shape index (κ3) is 6.44. The molecule has 4 aromatic rings. The molecule has 0 bridgehead atoms. The van der Waals surface area contributed by atoms with E-state index in [0.717, 1.165) is 42.1 Å². The Bertz CT molecular complexity index is 1690. The second-order valence-electron chi connectivity index (χ2n) is 13.4. The van der Waals surface area contributed by atoms with Gasteiger partial charge in [-0.3, -0.25) is 0 Å². The zero-order chi connectivity index (χ0) is 32.3. The second kappa shape index (κ2) is 13.1. The molecule has 0 fully saturated rings. The summed E-state index contributed by atoms with van der Waals surface area (Å²) in [5, 5.41) is -0.0447. The van der Waals surface area contributed by atoms with Gasteiger partial charge in [-0.15, -0.1) is 0 Å². The number of hydrogen-bond donors (Lipinski definition) is 0. The van der Waals surface area contributed by atoms with Gasteiger partial charge in [-0.25, -0.2) is 0 Å². The van der Waals surface area contributed by atoms with Gasteiger partial charge >= 0.3 is 281 Å². The van der Waals surface area contributed by atoms with Crippen molar-refractivity contribution in [3.8, 4) is 0 Å². The molecule has 0 aliphatic heterocycles. The first kappa shape index (κ1) is 33.6. The first-order chi connectivity index (χ1) is 21.4. The topological polar surface area (TPSA) is 34.1 Å². The maximum atomic E-state index is 14.6. The summed E-state index contributed by atoms with van der Waals surface area (Å²) in [6.07, 6.45) is 6.56. The van der Waals surface area contributed by atoms with Crippen LogP contribution in [0.3, 0.4) is 0 Å². The van der Waals surface area contributed by atoms with Crippen molar-refractivity contribution in [3.05, 3.63) is 144 Å². The van der Waals surface area contributed by atoms with Crippen LogP contribution in [0.15, 0.2) is 143 Å². The van der Waals surface area contributed by atoms with Crippen molar-refractivity contribution in [1.82, 2.24) is 0 Å². The summed E-state index contributed by atoms with van der Waals surface area (Å²) in [7, 11) is -3.64. The van der Waals surface area contributed by atoms with E-state index in [1.165, 1.54) is 21.5 Å². The molecule has 0 N–H and O–H groups in total. The number of hydrogen-bond acceptors (Lipinski definition) is 2. The minimum absolute atomic E-state index is 0.183. The van der Waals surface area contributed by atoms with Gasteiger partial charge in [0.1, 0.15) is 0 Å². The molecule has 1 aliphatic carbocycles. The van der Waals surface area contributed by atoms with E-state index in [2.05, 4.69) is 140 Å². The molecule has 45 heavy (non-hydrogen) atoms. The molecule has 1 unspecified atom stereocenters. The van der Waals surface area contributed by atoms with E-state index in [-0.39, 0.29) is 5.41 Å².